The number of pyridine rings is 1. The van der Waals surface area contributed by atoms with Gasteiger partial charge in [-0.2, -0.15) is 0 Å². The van der Waals surface area contributed by atoms with Gasteiger partial charge in [0.15, 0.2) is 9.84 Å². The first-order valence-corrected chi connectivity index (χ1v) is 17.2. The van der Waals surface area contributed by atoms with Crippen molar-refractivity contribution in [3.05, 3.63) is 58.1 Å². The van der Waals surface area contributed by atoms with Crippen LogP contribution in [-0.4, -0.2) is 80.1 Å². The summed E-state index contributed by atoms with van der Waals surface area (Å²) >= 11 is 0. The molecule has 2 aliphatic heterocycles. The molecule has 2 N–H and O–H groups in total. The maximum atomic E-state index is 15.1. The van der Waals surface area contributed by atoms with Crippen LogP contribution >= 0.6 is 0 Å². The molecule has 0 saturated carbocycles. The highest BCUT2D eigenvalue weighted by molar-refractivity contribution is 7.91. The van der Waals surface area contributed by atoms with Crippen LogP contribution in [0.3, 0.4) is 0 Å². The van der Waals surface area contributed by atoms with Gasteiger partial charge in [-0.15, -0.1) is 0 Å². The van der Waals surface area contributed by atoms with Crippen molar-refractivity contribution >= 4 is 38.7 Å². The number of aryl methyl sites for hydroxylation is 1. The summed E-state index contributed by atoms with van der Waals surface area (Å²) in [5, 5.41) is 6.94. The van der Waals surface area contributed by atoms with Crippen molar-refractivity contribution in [3.63, 3.8) is 0 Å². The van der Waals surface area contributed by atoms with Crippen LogP contribution in [0, 0.1) is 5.92 Å². The van der Waals surface area contributed by atoms with Crippen LogP contribution in [0.2, 0.25) is 0 Å². The van der Waals surface area contributed by atoms with Crippen molar-refractivity contribution in [1.82, 2.24) is 19.9 Å². The molecule has 45 heavy (non-hydrogen) atoms. The van der Waals surface area contributed by atoms with Crippen molar-refractivity contribution < 1.29 is 26.7 Å². The van der Waals surface area contributed by atoms with E-state index in [4.69, 9.17) is 4.74 Å². The van der Waals surface area contributed by atoms with Crippen molar-refractivity contribution in [2.75, 3.05) is 61.1 Å². The number of aromatic nitrogens is 3. The number of carbonyl (C=O) groups excluding carboxylic acids is 1. The normalized spacial score (nSPS) is 17.6. The summed E-state index contributed by atoms with van der Waals surface area (Å²) < 4.78 is 61.6. The van der Waals surface area contributed by atoms with Crippen molar-refractivity contribution in [1.29, 1.82) is 0 Å². The van der Waals surface area contributed by atoms with Crippen molar-refractivity contribution in [2.24, 2.45) is 5.92 Å². The summed E-state index contributed by atoms with van der Waals surface area (Å²) in [6.45, 7) is 4.55. The Morgan fingerprint density at radius 1 is 1.16 bits per heavy atom. The number of aldehydes is 1. The minimum absolute atomic E-state index is 0.0300. The zero-order chi connectivity index (χ0) is 32.0. The average molecular weight is 647 g/mol. The van der Waals surface area contributed by atoms with Crippen LogP contribution in [-0.2, 0) is 31.8 Å². The molecule has 0 bridgehead atoms. The number of ether oxygens (including phenoxy) is 1. The van der Waals surface area contributed by atoms with E-state index < -0.39 is 21.8 Å². The molecule has 3 aromatic rings. The zero-order valence-corrected chi connectivity index (χ0v) is 26.2. The minimum Gasteiger partial charge on any atom is -0.381 e. The summed E-state index contributed by atoms with van der Waals surface area (Å²) in [4.78, 5) is 35.0. The molecule has 0 unspecified atom stereocenters. The molecule has 0 spiro atoms. The number of fused-ring (bicyclic) bond motifs is 1. The van der Waals surface area contributed by atoms with Crippen LogP contribution in [0.1, 0.15) is 49.8 Å². The molecular weight excluding hydrogens is 606 g/mol. The first kappa shape index (κ1) is 32.9. The molecule has 14 heteroatoms. The van der Waals surface area contributed by atoms with Gasteiger partial charge in [0.25, 0.3) is 11.5 Å². The van der Waals surface area contributed by atoms with E-state index in [-0.39, 0.29) is 48.1 Å². The molecule has 2 aliphatic rings. The van der Waals surface area contributed by atoms with Gasteiger partial charge in [-0.05, 0) is 56.5 Å². The molecule has 0 amide bonds. The second-order valence-electron chi connectivity index (χ2n) is 11.8. The van der Waals surface area contributed by atoms with E-state index >= 15 is 8.78 Å². The first-order chi connectivity index (χ1) is 21.6. The lowest BCUT2D eigenvalue weighted by molar-refractivity contribution is -0.108. The monoisotopic (exact) mass is 646 g/mol. The van der Waals surface area contributed by atoms with E-state index in [9.17, 15) is 18.0 Å². The van der Waals surface area contributed by atoms with Gasteiger partial charge in [0.05, 0.1) is 16.9 Å². The van der Waals surface area contributed by atoms with E-state index in [1.165, 1.54) is 18.5 Å². The highest BCUT2D eigenvalue weighted by Gasteiger charge is 2.37. The maximum Gasteiger partial charge on any atom is 0.275 e. The zero-order valence-electron chi connectivity index (χ0n) is 25.4. The van der Waals surface area contributed by atoms with E-state index in [0.29, 0.717) is 80.2 Å². The summed E-state index contributed by atoms with van der Waals surface area (Å²) in [5.41, 5.74) is 1.08. The lowest BCUT2D eigenvalue weighted by Crippen LogP contribution is -2.44. The molecule has 4 heterocycles. The van der Waals surface area contributed by atoms with Crippen LogP contribution in [0.25, 0.3) is 11.0 Å². The Morgan fingerprint density at radius 2 is 1.91 bits per heavy atom. The van der Waals surface area contributed by atoms with E-state index in [1.807, 2.05) is 6.92 Å². The van der Waals surface area contributed by atoms with Gasteiger partial charge in [-0.25, -0.2) is 27.2 Å². The minimum atomic E-state index is -3.17. The molecule has 244 valence electrons. The predicted octanol–water partition coefficient (Wildman–Crippen LogP) is 3.29. The van der Waals surface area contributed by atoms with Gasteiger partial charge < -0.3 is 25.1 Å². The number of hydrogen-bond donors (Lipinski definition) is 2. The number of hydrogen-bond acceptors (Lipinski definition) is 10. The fourth-order valence-corrected chi connectivity index (χ4v) is 6.86. The van der Waals surface area contributed by atoms with Crippen LogP contribution in [0.4, 0.5) is 20.3 Å². The second kappa shape index (κ2) is 14.3. The number of rotatable bonds is 15. The standard InChI is InChI=1S/C31H40F2N6O5S/c1-22(24-6-4-7-25(16-24)31(32,33)18-23-19-34-20-23)37-28-26-17-27(38-9-14-45(42,43)15-10-38)30(41)39(29(26)36-21-35-28)8-5-13-44-12-3-2-11-40/h4,6-7,11,16-17,21-23,34H,2-3,5,8-10,12-15,18-20H2,1H3,(H,35,36,37)/t22-/m1/s1. The number of halogens is 2. The third kappa shape index (κ3) is 8.03. The number of alkyl halides is 2. The molecule has 5 rings (SSSR count). The smallest absolute Gasteiger partial charge is 0.275 e. The molecule has 1 aromatic carbocycles. The predicted molar refractivity (Wildman–Crippen MR) is 169 cm³/mol. The van der Waals surface area contributed by atoms with Gasteiger partial charge >= 0.3 is 0 Å². The highest BCUT2D eigenvalue weighted by atomic mass is 32.2. The molecule has 11 nitrogen and oxygen atoms in total. The second-order valence-corrected chi connectivity index (χ2v) is 14.1. The number of benzene rings is 1. The third-order valence-corrected chi connectivity index (χ3v) is 10.0. The fourth-order valence-electron chi connectivity index (χ4n) is 5.66. The number of carbonyl (C=O) groups is 1. The fraction of sp³-hybridized carbons (Fsp3) is 0.548. The highest BCUT2D eigenvalue weighted by Crippen LogP contribution is 2.37. The first-order valence-electron chi connectivity index (χ1n) is 15.4. The van der Waals surface area contributed by atoms with E-state index in [1.54, 1.807) is 27.7 Å². The average Bonchev–Trinajstić information content (AvgIpc) is 3.00. The number of nitrogens with zero attached hydrogens (tertiary/aromatic N) is 4. The van der Waals surface area contributed by atoms with E-state index in [0.717, 1.165) is 6.29 Å². The Bertz CT molecular complexity index is 1650. The number of unbranched alkanes of at least 4 members (excludes halogenated alkanes) is 1. The summed E-state index contributed by atoms with van der Waals surface area (Å²) in [6, 6.07) is 7.68. The summed E-state index contributed by atoms with van der Waals surface area (Å²) in [6.07, 6.45) is 3.55. The van der Waals surface area contributed by atoms with Crippen molar-refractivity contribution in [2.45, 2.75) is 51.1 Å². The summed E-state index contributed by atoms with van der Waals surface area (Å²) in [5.74, 6) is -2.67. The lowest BCUT2D eigenvalue weighted by Gasteiger charge is -2.31. The van der Waals surface area contributed by atoms with Crippen LogP contribution < -0.4 is 21.1 Å². The SMILES string of the molecule is C[C@@H](Nc1ncnc2c1cc(N1CCS(=O)(=O)CC1)c(=O)n2CCCOCCCC=O)c1cccc(C(F)(F)CC2CNC2)c1. The van der Waals surface area contributed by atoms with E-state index in [2.05, 4.69) is 20.6 Å². The molecule has 1 atom stereocenters. The van der Waals surface area contributed by atoms with Gasteiger partial charge in [0, 0.05) is 57.3 Å². The molecule has 0 aliphatic carbocycles. The Hall–Kier alpha value is -3.49. The largest absolute Gasteiger partial charge is 0.381 e. The molecule has 2 saturated heterocycles. The Kier molecular flexibility index (Phi) is 10.4. The van der Waals surface area contributed by atoms with Crippen LogP contribution in [0.5, 0.6) is 0 Å². The quantitative estimate of drug-likeness (QED) is 0.187. The number of nitrogens with one attached hydrogen (secondary N) is 2. The Morgan fingerprint density at radius 3 is 2.62 bits per heavy atom. The van der Waals surface area contributed by atoms with Gasteiger partial charge in [0.1, 0.15) is 29.8 Å². The van der Waals surface area contributed by atoms with Gasteiger partial charge in [-0.3, -0.25) is 9.36 Å². The van der Waals surface area contributed by atoms with Gasteiger partial charge in [-0.1, -0.05) is 18.2 Å². The summed E-state index contributed by atoms with van der Waals surface area (Å²) in [7, 11) is -3.17. The topological polar surface area (TPSA) is 136 Å². The number of anilines is 2. The Balaban J connectivity index is 1.43. The molecule has 0 radical (unpaired) electrons. The molecule has 2 fully saturated rings. The Labute approximate surface area is 261 Å². The van der Waals surface area contributed by atoms with Crippen molar-refractivity contribution in [3.8, 4) is 0 Å². The van der Waals surface area contributed by atoms with Gasteiger partial charge in [0.2, 0.25) is 0 Å². The lowest BCUT2D eigenvalue weighted by atomic mass is 9.91. The molecular formula is C31H40F2N6O5S. The number of sulfone groups is 1. The third-order valence-electron chi connectivity index (χ3n) is 8.40. The van der Waals surface area contributed by atoms with Crippen LogP contribution in [0.15, 0.2) is 41.5 Å². The molecule has 2 aromatic heterocycles. The maximum absolute atomic E-state index is 15.1.